The Morgan fingerprint density at radius 3 is 2.92 bits per heavy atom. The first-order chi connectivity index (χ1) is 12.8. The van der Waals surface area contributed by atoms with Crippen LogP contribution >= 0.6 is 0 Å². The van der Waals surface area contributed by atoms with Gasteiger partial charge in [0.2, 0.25) is 0 Å². The van der Waals surface area contributed by atoms with Gasteiger partial charge < -0.3 is 14.1 Å². The van der Waals surface area contributed by atoms with E-state index in [0.717, 1.165) is 37.4 Å². The Hall–Kier alpha value is -2.26. The van der Waals surface area contributed by atoms with Gasteiger partial charge in [-0.05, 0) is 61.1 Å². The Morgan fingerprint density at radius 2 is 2.04 bits per heavy atom. The van der Waals surface area contributed by atoms with Crippen molar-refractivity contribution >= 4 is 0 Å². The topological polar surface area (TPSA) is 25.6 Å². The summed E-state index contributed by atoms with van der Waals surface area (Å²) < 4.78 is 11.4. The number of fused-ring (bicyclic) bond motifs is 2. The molecule has 3 nitrogen and oxygen atoms in total. The number of benzene rings is 1. The third kappa shape index (κ3) is 3.36. The Kier molecular flexibility index (Phi) is 4.98. The summed E-state index contributed by atoms with van der Waals surface area (Å²) in [5.41, 5.74) is 5.40. The molecule has 0 bridgehead atoms. The Bertz CT molecular complexity index is 838. The van der Waals surface area contributed by atoms with Crippen molar-refractivity contribution in [2.75, 3.05) is 27.2 Å². The van der Waals surface area contributed by atoms with Crippen LogP contribution in [0.15, 0.2) is 53.1 Å². The molecule has 3 aliphatic rings. The Labute approximate surface area is 155 Å². The van der Waals surface area contributed by atoms with E-state index in [0.29, 0.717) is 5.92 Å². The maximum absolute atomic E-state index is 5.78. The molecule has 0 spiro atoms. The molecule has 1 atom stereocenters. The van der Waals surface area contributed by atoms with Crippen molar-refractivity contribution in [2.45, 2.75) is 31.6 Å². The largest absolute Gasteiger partial charge is 0.496 e. The summed E-state index contributed by atoms with van der Waals surface area (Å²) in [6, 6.07) is 14.9. The second-order valence-electron chi connectivity index (χ2n) is 7.37. The van der Waals surface area contributed by atoms with Crippen molar-refractivity contribution in [3.63, 3.8) is 0 Å². The first kappa shape index (κ1) is 17.2. The van der Waals surface area contributed by atoms with E-state index in [-0.39, 0.29) is 0 Å². The molecule has 1 aliphatic heterocycles. The number of nitrogens with zero attached hydrogens (tertiary/aromatic N) is 1. The molecule has 2 aliphatic carbocycles. The lowest BCUT2D eigenvalue weighted by molar-refractivity contribution is 0.291. The van der Waals surface area contributed by atoms with Gasteiger partial charge in [0.15, 0.2) is 0 Å². The highest BCUT2D eigenvalue weighted by atomic mass is 16.5. The van der Waals surface area contributed by atoms with Crippen molar-refractivity contribution < 1.29 is 9.15 Å². The van der Waals surface area contributed by atoms with E-state index < -0.39 is 0 Å². The van der Waals surface area contributed by atoms with Gasteiger partial charge in [0, 0.05) is 25.1 Å². The number of rotatable bonds is 6. The molecule has 3 heteroatoms. The lowest BCUT2D eigenvalue weighted by Crippen LogP contribution is -2.28. The van der Waals surface area contributed by atoms with Crippen LogP contribution in [0.25, 0.3) is 11.1 Å². The molecule has 0 amide bonds. The molecule has 0 saturated carbocycles. The van der Waals surface area contributed by atoms with E-state index in [1.165, 1.54) is 35.1 Å². The van der Waals surface area contributed by atoms with Crippen molar-refractivity contribution in [3.05, 3.63) is 65.6 Å². The smallest absolute Gasteiger partial charge is 0.122 e. The van der Waals surface area contributed by atoms with Crippen LogP contribution in [-0.2, 0) is 12.8 Å². The fourth-order valence-corrected chi connectivity index (χ4v) is 4.33. The van der Waals surface area contributed by atoms with Gasteiger partial charge in [-0.2, -0.15) is 0 Å². The minimum atomic E-state index is 0.588. The molecule has 1 aromatic carbocycles. The molecule has 0 N–H and O–H groups in total. The molecule has 0 saturated heterocycles. The third-order valence-corrected chi connectivity index (χ3v) is 5.67. The van der Waals surface area contributed by atoms with Crippen molar-refractivity contribution in [1.29, 1.82) is 0 Å². The summed E-state index contributed by atoms with van der Waals surface area (Å²) in [7, 11) is 4.00. The van der Waals surface area contributed by atoms with Crippen molar-refractivity contribution in [1.82, 2.24) is 4.90 Å². The predicted octanol–water partition coefficient (Wildman–Crippen LogP) is 4.99. The monoisotopic (exact) mass is 349 g/mol. The zero-order valence-electron chi connectivity index (χ0n) is 15.7. The Morgan fingerprint density at radius 1 is 1.15 bits per heavy atom. The van der Waals surface area contributed by atoms with E-state index in [1.807, 2.05) is 6.07 Å². The summed E-state index contributed by atoms with van der Waals surface area (Å²) in [5, 5.41) is 0. The normalized spacial score (nSPS) is 16.8. The minimum absolute atomic E-state index is 0.588. The zero-order chi connectivity index (χ0) is 17.9. The molecule has 0 aromatic heterocycles. The summed E-state index contributed by atoms with van der Waals surface area (Å²) in [6.45, 7) is 2.08. The van der Waals surface area contributed by atoms with Gasteiger partial charge in [0.25, 0.3) is 0 Å². The number of methoxy groups -OCH3 is 1. The van der Waals surface area contributed by atoms with Crippen LogP contribution in [0.4, 0.5) is 0 Å². The summed E-state index contributed by atoms with van der Waals surface area (Å²) >= 11 is 0. The maximum atomic E-state index is 5.78. The van der Waals surface area contributed by atoms with Gasteiger partial charge in [-0.15, -0.1) is 0 Å². The predicted molar refractivity (Wildman–Crippen MR) is 105 cm³/mol. The molecule has 26 heavy (non-hydrogen) atoms. The van der Waals surface area contributed by atoms with E-state index in [9.17, 15) is 0 Å². The standard InChI is InChI=1S/C23H27NO2/c1-24(14-12-23-20-9-3-6-17(20)13-15-26-23)16-18-7-4-10-21-19(18)8-5-11-22(21)25-2/h3,5-6,8-9,11,13,15,18H,4,7,10,12,14,16H2,1-2H3. The molecule has 4 rings (SSSR count). The number of hydrogen-bond acceptors (Lipinski definition) is 3. The molecule has 0 radical (unpaired) electrons. The Balaban J connectivity index is 1.42. The maximum Gasteiger partial charge on any atom is 0.122 e. The fraction of sp³-hybridized carbons (Fsp3) is 0.391. The van der Waals surface area contributed by atoms with Crippen molar-refractivity contribution in [2.24, 2.45) is 0 Å². The molecular weight excluding hydrogens is 322 g/mol. The average Bonchev–Trinajstić information content (AvgIpc) is 3.15. The second kappa shape index (κ2) is 7.55. The zero-order valence-corrected chi connectivity index (χ0v) is 15.7. The lowest BCUT2D eigenvalue weighted by atomic mass is 9.82. The lowest BCUT2D eigenvalue weighted by Gasteiger charge is -2.30. The van der Waals surface area contributed by atoms with Crippen LogP contribution in [0.5, 0.6) is 5.75 Å². The van der Waals surface area contributed by atoms with Crippen LogP contribution in [0.1, 0.15) is 35.6 Å². The summed E-state index contributed by atoms with van der Waals surface area (Å²) in [6.07, 6.45) is 6.38. The SMILES string of the molecule is COc1cccc2c1CCCC2CN(C)CCc1occc2cccc1-2. The van der Waals surface area contributed by atoms with E-state index in [1.54, 1.807) is 13.4 Å². The minimum Gasteiger partial charge on any atom is -0.496 e. The number of hydrogen-bond donors (Lipinski definition) is 0. The van der Waals surface area contributed by atoms with Gasteiger partial charge >= 0.3 is 0 Å². The first-order valence-electron chi connectivity index (χ1n) is 9.55. The fourth-order valence-electron chi connectivity index (χ4n) is 4.33. The third-order valence-electron chi connectivity index (χ3n) is 5.67. The van der Waals surface area contributed by atoms with Gasteiger partial charge in [-0.25, -0.2) is 0 Å². The van der Waals surface area contributed by atoms with Crippen molar-refractivity contribution in [3.8, 4) is 16.9 Å². The molecule has 1 aromatic rings. The molecule has 136 valence electrons. The van der Waals surface area contributed by atoms with Gasteiger partial charge in [0.05, 0.1) is 13.4 Å². The second-order valence-corrected chi connectivity index (χ2v) is 7.37. The van der Waals surface area contributed by atoms with Crippen LogP contribution in [-0.4, -0.2) is 32.1 Å². The van der Waals surface area contributed by atoms with Gasteiger partial charge in [-0.3, -0.25) is 0 Å². The highest BCUT2D eigenvalue weighted by molar-refractivity contribution is 5.67. The van der Waals surface area contributed by atoms with Crippen LogP contribution in [0.2, 0.25) is 0 Å². The van der Waals surface area contributed by atoms with Crippen LogP contribution in [0, 0.1) is 0 Å². The van der Waals surface area contributed by atoms with Gasteiger partial charge in [-0.1, -0.05) is 30.3 Å². The summed E-state index contributed by atoms with van der Waals surface area (Å²) in [5.74, 6) is 2.73. The molecule has 1 unspecified atom stereocenters. The molecule has 0 fully saturated rings. The molecular formula is C23H27NO2. The highest BCUT2D eigenvalue weighted by Gasteiger charge is 2.24. The number of ether oxygens (including phenoxy) is 1. The number of likely N-dealkylation sites (N-methyl/N-ethyl adjacent to an activating group) is 1. The van der Waals surface area contributed by atoms with Gasteiger partial charge in [0.1, 0.15) is 11.5 Å². The highest BCUT2D eigenvalue weighted by Crippen LogP contribution is 2.37. The van der Waals surface area contributed by atoms with E-state index in [4.69, 9.17) is 9.15 Å². The molecule has 1 heterocycles. The first-order valence-corrected chi connectivity index (χ1v) is 9.55. The van der Waals surface area contributed by atoms with E-state index >= 15 is 0 Å². The van der Waals surface area contributed by atoms with Crippen LogP contribution < -0.4 is 4.74 Å². The quantitative estimate of drug-likeness (QED) is 0.627. The van der Waals surface area contributed by atoms with E-state index in [2.05, 4.69) is 48.3 Å². The summed E-state index contributed by atoms with van der Waals surface area (Å²) in [4.78, 5) is 2.44. The van der Waals surface area contributed by atoms with Crippen LogP contribution in [0.3, 0.4) is 0 Å². The average molecular weight is 349 g/mol.